The molecule has 0 saturated carbocycles. The van der Waals surface area contributed by atoms with E-state index in [-0.39, 0.29) is 11.6 Å². The van der Waals surface area contributed by atoms with Gasteiger partial charge in [0.05, 0.1) is 18.8 Å². The van der Waals surface area contributed by atoms with E-state index in [9.17, 15) is 4.79 Å². The van der Waals surface area contributed by atoms with Gasteiger partial charge in [-0.3, -0.25) is 4.79 Å². The van der Waals surface area contributed by atoms with Crippen LogP contribution >= 0.6 is 0 Å². The van der Waals surface area contributed by atoms with Gasteiger partial charge in [-0.25, -0.2) is 4.68 Å². The van der Waals surface area contributed by atoms with Gasteiger partial charge in [0.2, 0.25) is 0 Å². The van der Waals surface area contributed by atoms with Crippen LogP contribution in [-0.2, 0) is 11.3 Å². The zero-order valence-electron chi connectivity index (χ0n) is 9.36. The van der Waals surface area contributed by atoms with Crippen molar-refractivity contribution in [1.82, 2.24) is 15.1 Å². The predicted octanol–water partition coefficient (Wildman–Crippen LogP) is -0.214. The van der Waals surface area contributed by atoms with Crippen LogP contribution in [0.2, 0.25) is 0 Å². The Bertz CT molecular complexity index is 362. The summed E-state index contributed by atoms with van der Waals surface area (Å²) in [5, 5.41) is 7.22. The van der Waals surface area contributed by atoms with Gasteiger partial charge in [-0.15, -0.1) is 0 Å². The molecule has 1 atom stereocenters. The largest absolute Gasteiger partial charge is 0.383 e. The maximum Gasteiger partial charge on any atom is 0.266 e. The molecule has 1 N–H and O–H groups in total. The molecule has 5 nitrogen and oxygen atoms in total. The average molecular weight is 211 g/mol. The van der Waals surface area contributed by atoms with Crippen molar-refractivity contribution in [2.75, 3.05) is 20.8 Å². The third-order valence-electron chi connectivity index (χ3n) is 2.17. The van der Waals surface area contributed by atoms with Gasteiger partial charge in [-0.2, -0.15) is 5.10 Å². The van der Waals surface area contributed by atoms with Crippen LogP contribution in [0.3, 0.4) is 0 Å². The highest BCUT2D eigenvalue weighted by atomic mass is 16.5. The smallest absolute Gasteiger partial charge is 0.266 e. The Morgan fingerprint density at radius 2 is 2.33 bits per heavy atom. The molecule has 0 aliphatic rings. The fraction of sp³-hybridized carbons (Fsp3) is 0.600. The van der Waals surface area contributed by atoms with Crippen LogP contribution in [-0.4, -0.2) is 36.6 Å². The topological polar surface area (TPSA) is 56.1 Å². The molecule has 1 heterocycles. The number of nitrogens with one attached hydrogen (secondary N) is 1. The molecule has 84 valence electrons. The first-order valence-electron chi connectivity index (χ1n) is 4.88. The molecule has 1 aromatic heterocycles. The molecule has 0 aliphatic carbocycles. The Balaban J connectivity index is 2.78. The molecule has 15 heavy (non-hydrogen) atoms. The number of hydrogen-bond donors (Lipinski definition) is 1. The van der Waals surface area contributed by atoms with Crippen LogP contribution in [0.15, 0.2) is 16.9 Å². The summed E-state index contributed by atoms with van der Waals surface area (Å²) in [6.45, 7) is 2.93. The second kappa shape index (κ2) is 5.63. The first-order valence-corrected chi connectivity index (χ1v) is 4.88. The van der Waals surface area contributed by atoms with Crippen LogP contribution in [0.25, 0.3) is 0 Å². The van der Waals surface area contributed by atoms with Crippen molar-refractivity contribution in [1.29, 1.82) is 0 Å². The van der Waals surface area contributed by atoms with Crippen LogP contribution in [0.4, 0.5) is 0 Å². The zero-order chi connectivity index (χ0) is 11.3. The molecule has 1 rings (SSSR count). The van der Waals surface area contributed by atoms with Crippen LogP contribution < -0.4 is 10.9 Å². The zero-order valence-corrected chi connectivity index (χ0v) is 9.36. The lowest BCUT2D eigenvalue weighted by Crippen LogP contribution is -2.38. The van der Waals surface area contributed by atoms with E-state index in [1.165, 1.54) is 10.7 Å². The molecular weight excluding hydrogens is 194 g/mol. The molecule has 1 unspecified atom stereocenters. The number of likely N-dealkylation sites (N-methyl/N-ethyl adjacent to an activating group) is 1. The quantitative estimate of drug-likeness (QED) is 0.732. The number of aryl methyl sites for hydroxylation is 1. The Kier molecular flexibility index (Phi) is 4.45. The average Bonchev–Trinajstić information content (AvgIpc) is 2.22. The van der Waals surface area contributed by atoms with E-state index in [4.69, 9.17) is 4.74 Å². The van der Waals surface area contributed by atoms with Crippen LogP contribution in [0.1, 0.15) is 5.69 Å². The number of hydrogen-bond acceptors (Lipinski definition) is 4. The Hall–Kier alpha value is -1.20. The SMILES string of the molecule is CNC(COC)Cn1nc(C)ccc1=O. The second-order valence-corrected chi connectivity index (χ2v) is 3.44. The van der Waals surface area contributed by atoms with Crippen molar-refractivity contribution in [3.8, 4) is 0 Å². The first kappa shape index (κ1) is 11.9. The second-order valence-electron chi connectivity index (χ2n) is 3.44. The highest BCUT2D eigenvalue weighted by Crippen LogP contribution is 1.90. The molecule has 0 amide bonds. The normalized spacial score (nSPS) is 12.7. The van der Waals surface area contributed by atoms with Crippen molar-refractivity contribution in [3.63, 3.8) is 0 Å². The molecule has 0 fully saturated rings. The number of ether oxygens (including phenoxy) is 1. The third-order valence-corrected chi connectivity index (χ3v) is 2.17. The van der Waals surface area contributed by atoms with Crippen molar-refractivity contribution in [2.45, 2.75) is 19.5 Å². The summed E-state index contributed by atoms with van der Waals surface area (Å²) in [5.74, 6) is 0. The summed E-state index contributed by atoms with van der Waals surface area (Å²) >= 11 is 0. The van der Waals surface area contributed by atoms with Gasteiger partial charge >= 0.3 is 0 Å². The van der Waals surface area contributed by atoms with E-state index in [1.54, 1.807) is 13.2 Å². The van der Waals surface area contributed by atoms with Crippen molar-refractivity contribution < 1.29 is 4.74 Å². The van der Waals surface area contributed by atoms with Gasteiger partial charge < -0.3 is 10.1 Å². The highest BCUT2D eigenvalue weighted by Gasteiger charge is 2.08. The minimum absolute atomic E-state index is 0.0862. The predicted molar refractivity (Wildman–Crippen MR) is 58.0 cm³/mol. The van der Waals surface area contributed by atoms with Gasteiger partial charge in [0, 0.05) is 19.2 Å². The molecule has 0 saturated heterocycles. The fourth-order valence-corrected chi connectivity index (χ4v) is 1.32. The maximum absolute atomic E-state index is 11.5. The van der Waals surface area contributed by atoms with Crippen LogP contribution in [0.5, 0.6) is 0 Å². The number of methoxy groups -OCH3 is 1. The van der Waals surface area contributed by atoms with Gasteiger partial charge in [0.1, 0.15) is 0 Å². The number of aromatic nitrogens is 2. The van der Waals surface area contributed by atoms with E-state index in [2.05, 4.69) is 10.4 Å². The van der Waals surface area contributed by atoms with E-state index in [0.717, 1.165) is 5.69 Å². The van der Waals surface area contributed by atoms with Crippen molar-refractivity contribution in [3.05, 3.63) is 28.2 Å². The Morgan fingerprint density at radius 3 is 2.93 bits per heavy atom. The van der Waals surface area contributed by atoms with Crippen molar-refractivity contribution in [2.24, 2.45) is 0 Å². The van der Waals surface area contributed by atoms with E-state index in [0.29, 0.717) is 13.2 Å². The lowest BCUT2D eigenvalue weighted by molar-refractivity contribution is 0.159. The molecule has 0 aliphatic heterocycles. The van der Waals surface area contributed by atoms with E-state index >= 15 is 0 Å². The highest BCUT2D eigenvalue weighted by molar-refractivity contribution is 4.97. The molecule has 0 radical (unpaired) electrons. The number of rotatable bonds is 5. The molecule has 0 spiro atoms. The van der Waals surface area contributed by atoms with E-state index < -0.39 is 0 Å². The summed E-state index contributed by atoms with van der Waals surface area (Å²) in [4.78, 5) is 11.5. The Labute approximate surface area is 89.1 Å². The fourth-order valence-electron chi connectivity index (χ4n) is 1.32. The summed E-state index contributed by atoms with van der Waals surface area (Å²) in [6, 6.07) is 3.34. The van der Waals surface area contributed by atoms with Gasteiger partial charge in [0.25, 0.3) is 5.56 Å². The lowest BCUT2D eigenvalue weighted by atomic mass is 10.3. The number of nitrogens with zero attached hydrogens (tertiary/aromatic N) is 2. The Morgan fingerprint density at radius 1 is 1.60 bits per heavy atom. The maximum atomic E-state index is 11.5. The monoisotopic (exact) mass is 211 g/mol. The third kappa shape index (κ3) is 3.45. The lowest BCUT2D eigenvalue weighted by Gasteiger charge is -2.15. The summed E-state index contributed by atoms with van der Waals surface area (Å²) in [6.07, 6.45) is 0. The molecular formula is C10H17N3O2. The van der Waals surface area contributed by atoms with Crippen molar-refractivity contribution >= 4 is 0 Å². The van der Waals surface area contributed by atoms with Gasteiger partial charge in [0.15, 0.2) is 0 Å². The molecule has 0 bridgehead atoms. The standard InChI is InChI=1S/C10H17N3O2/c1-8-4-5-10(14)13(12-8)6-9(11-2)7-15-3/h4-5,9,11H,6-7H2,1-3H3. The van der Waals surface area contributed by atoms with Crippen LogP contribution in [0, 0.1) is 6.92 Å². The first-order chi connectivity index (χ1) is 7.17. The molecule has 5 heteroatoms. The van der Waals surface area contributed by atoms with Gasteiger partial charge in [-0.1, -0.05) is 0 Å². The summed E-state index contributed by atoms with van der Waals surface area (Å²) in [5.41, 5.74) is 0.749. The minimum Gasteiger partial charge on any atom is -0.383 e. The summed E-state index contributed by atoms with van der Waals surface area (Å²) in [7, 11) is 3.47. The molecule has 0 aromatic carbocycles. The van der Waals surface area contributed by atoms with E-state index in [1.807, 2.05) is 14.0 Å². The minimum atomic E-state index is -0.0862. The van der Waals surface area contributed by atoms with Gasteiger partial charge in [-0.05, 0) is 20.0 Å². The summed E-state index contributed by atoms with van der Waals surface area (Å²) < 4.78 is 6.49. The molecule has 1 aromatic rings.